The summed E-state index contributed by atoms with van der Waals surface area (Å²) in [4.78, 5) is 25.8. The third-order valence-corrected chi connectivity index (χ3v) is 6.90. The van der Waals surface area contributed by atoms with Crippen LogP contribution in [0.1, 0.15) is 34.6 Å². The summed E-state index contributed by atoms with van der Waals surface area (Å²) in [5.41, 5.74) is 2.67. The summed E-state index contributed by atoms with van der Waals surface area (Å²) in [7, 11) is -3.78. The molecule has 0 saturated carbocycles. The predicted molar refractivity (Wildman–Crippen MR) is 89.6 cm³/mol. The van der Waals surface area contributed by atoms with E-state index in [4.69, 9.17) is 4.74 Å². The number of rotatable bonds is 3. The second kappa shape index (κ2) is 5.60. The first-order valence-electron chi connectivity index (χ1n) is 7.67. The summed E-state index contributed by atoms with van der Waals surface area (Å²) >= 11 is 0. The SMILES string of the molecule is C=CCOC(=O)[C@@H]1N2C(=O)C(=C=CC(C)(C)C)[C@H]2S(=O)(=O)C1(C)C. The maximum atomic E-state index is 12.8. The maximum Gasteiger partial charge on any atom is 0.330 e. The molecule has 1 amide bonds. The van der Waals surface area contributed by atoms with Gasteiger partial charge in [-0.2, -0.15) is 0 Å². The quantitative estimate of drug-likeness (QED) is 0.253. The lowest BCUT2D eigenvalue weighted by Gasteiger charge is -2.37. The van der Waals surface area contributed by atoms with Crippen LogP contribution in [0.15, 0.2) is 30.0 Å². The molecule has 6 nitrogen and oxygen atoms in total. The Morgan fingerprint density at radius 2 is 2.00 bits per heavy atom. The lowest BCUT2D eigenvalue weighted by Crippen LogP contribution is -2.59. The van der Waals surface area contributed by atoms with Crippen LogP contribution in [0.5, 0.6) is 0 Å². The molecule has 0 aromatic carbocycles. The number of ether oxygens (including phenoxy) is 1. The standard InChI is InChI=1S/C17H23NO5S/c1-7-10-23-15(20)12-17(5,6)24(21,22)14-11(13(19)18(12)14)8-9-16(2,3)4/h7,9,12,14H,1,10H2,2-6H3/t8?,12-,14+/m0/s1. The van der Waals surface area contributed by atoms with Crippen LogP contribution in [0.25, 0.3) is 0 Å². The number of carbonyl (C=O) groups excluding carboxylic acids is 2. The van der Waals surface area contributed by atoms with E-state index in [9.17, 15) is 18.0 Å². The smallest absolute Gasteiger partial charge is 0.330 e. The molecule has 0 aromatic heterocycles. The van der Waals surface area contributed by atoms with Crippen molar-refractivity contribution in [2.24, 2.45) is 5.41 Å². The molecular formula is C17H23NO5S. The molecule has 0 unspecified atom stereocenters. The molecule has 24 heavy (non-hydrogen) atoms. The van der Waals surface area contributed by atoms with Crippen molar-refractivity contribution in [3.63, 3.8) is 0 Å². The zero-order valence-corrected chi connectivity index (χ0v) is 15.4. The van der Waals surface area contributed by atoms with Gasteiger partial charge in [-0.15, -0.1) is 5.73 Å². The van der Waals surface area contributed by atoms with Crippen molar-refractivity contribution in [2.45, 2.75) is 50.8 Å². The Balaban J connectivity index is 2.50. The summed E-state index contributed by atoms with van der Waals surface area (Å²) in [5.74, 6) is -1.23. The Labute approximate surface area is 142 Å². The van der Waals surface area contributed by atoms with Crippen LogP contribution in [0, 0.1) is 5.41 Å². The van der Waals surface area contributed by atoms with Crippen molar-refractivity contribution in [1.82, 2.24) is 4.90 Å². The van der Waals surface area contributed by atoms with Crippen molar-refractivity contribution in [1.29, 1.82) is 0 Å². The molecular weight excluding hydrogens is 330 g/mol. The first kappa shape index (κ1) is 18.5. The molecule has 0 aromatic rings. The normalized spacial score (nSPS) is 27.0. The average molecular weight is 353 g/mol. The summed E-state index contributed by atoms with van der Waals surface area (Å²) in [6.07, 6.45) is 3.06. The van der Waals surface area contributed by atoms with Crippen molar-refractivity contribution < 1.29 is 22.7 Å². The van der Waals surface area contributed by atoms with Gasteiger partial charge < -0.3 is 9.64 Å². The van der Waals surface area contributed by atoms with Crippen LogP contribution in [-0.2, 0) is 24.2 Å². The molecule has 7 heteroatoms. The second-order valence-electron chi connectivity index (χ2n) is 7.60. The summed E-state index contributed by atoms with van der Waals surface area (Å²) in [6.45, 7) is 12.1. The topological polar surface area (TPSA) is 80.8 Å². The van der Waals surface area contributed by atoms with Crippen molar-refractivity contribution in [3.8, 4) is 0 Å². The zero-order valence-electron chi connectivity index (χ0n) is 14.6. The fourth-order valence-corrected chi connectivity index (χ4v) is 4.90. The van der Waals surface area contributed by atoms with Crippen LogP contribution in [0.3, 0.4) is 0 Å². The van der Waals surface area contributed by atoms with Crippen LogP contribution < -0.4 is 0 Å². The maximum absolute atomic E-state index is 12.8. The van der Waals surface area contributed by atoms with Crippen molar-refractivity contribution in [2.75, 3.05) is 6.61 Å². The number of hydrogen-bond acceptors (Lipinski definition) is 5. The average Bonchev–Trinajstić information content (AvgIpc) is 2.58. The van der Waals surface area contributed by atoms with Crippen LogP contribution in [0.2, 0.25) is 0 Å². The van der Waals surface area contributed by atoms with Gasteiger partial charge in [0.25, 0.3) is 5.91 Å². The Hall–Kier alpha value is -1.85. The third kappa shape index (κ3) is 2.62. The minimum atomic E-state index is -3.78. The molecule has 0 radical (unpaired) electrons. The minimum Gasteiger partial charge on any atom is -0.460 e. The van der Waals surface area contributed by atoms with E-state index < -0.39 is 37.9 Å². The van der Waals surface area contributed by atoms with E-state index in [0.717, 1.165) is 4.90 Å². The van der Waals surface area contributed by atoms with Gasteiger partial charge in [-0.3, -0.25) is 4.79 Å². The monoisotopic (exact) mass is 353 g/mol. The fraction of sp³-hybridized carbons (Fsp3) is 0.588. The summed E-state index contributed by atoms with van der Waals surface area (Å²) < 4.78 is 29.3. The lowest BCUT2D eigenvalue weighted by atomic mass is 9.93. The Morgan fingerprint density at radius 1 is 1.42 bits per heavy atom. The van der Waals surface area contributed by atoms with E-state index in [0.29, 0.717) is 0 Å². The molecule has 0 bridgehead atoms. The van der Waals surface area contributed by atoms with Crippen molar-refractivity contribution in [3.05, 3.63) is 30.0 Å². The Bertz CT molecular complexity index is 763. The Morgan fingerprint density at radius 3 is 2.50 bits per heavy atom. The van der Waals surface area contributed by atoms with Gasteiger partial charge in [-0.05, 0) is 25.3 Å². The van der Waals surface area contributed by atoms with E-state index >= 15 is 0 Å². The van der Waals surface area contributed by atoms with Gasteiger partial charge in [0.15, 0.2) is 21.3 Å². The van der Waals surface area contributed by atoms with Gasteiger partial charge in [-0.25, -0.2) is 13.2 Å². The zero-order chi connectivity index (χ0) is 18.5. The van der Waals surface area contributed by atoms with E-state index in [1.54, 1.807) is 6.08 Å². The largest absolute Gasteiger partial charge is 0.460 e. The van der Waals surface area contributed by atoms with Gasteiger partial charge in [0.2, 0.25) is 0 Å². The molecule has 2 aliphatic rings. The number of hydrogen-bond donors (Lipinski definition) is 0. The molecule has 2 heterocycles. The minimum absolute atomic E-state index is 0.0369. The van der Waals surface area contributed by atoms with Crippen LogP contribution >= 0.6 is 0 Å². The molecule has 2 aliphatic heterocycles. The molecule has 2 saturated heterocycles. The van der Waals surface area contributed by atoms with Crippen molar-refractivity contribution >= 4 is 21.7 Å². The number of amides is 1. The van der Waals surface area contributed by atoms with Gasteiger partial charge in [0.05, 0.1) is 5.57 Å². The van der Waals surface area contributed by atoms with E-state index in [1.807, 2.05) is 20.8 Å². The number of fused-ring (bicyclic) bond motifs is 1. The lowest BCUT2D eigenvalue weighted by molar-refractivity contribution is -0.156. The highest BCUT2D eigenvalue weighted by molar-refractivity contribution is 7.94. The first-order valence-corrected chi connectivity index (χ1v) is 9.22. The second-order valence-corrected chi connectivity index (χ2v) is 10.2. The van der Waals surface area contributed by atoms with Gasteiger partial charge in [0, 0.05) is 0 Å². The summed E-state index contributed by atoms with van der Waals surface area (Å²) in [6, 6.07) is -1.17. The molecule has 0 N–H and O–H groups in total. The fourth-order valence-electron chi connectivity index (χ4n) is 2.80. The predicted octanol–water partition coefficient (Wildman–Crippen LogP) is 1.59. The molecule has 2 rings (SSSR count). The third-order valence-electron chi connectivity index (χ3n) is 4.16. The molecule has 2 fully saturated rings. The summed E-state index contributed by atoms with van der Waals surface area (Å²) in [5, 5.41) is -1.14. The first-order chi connectivity index (χ1) is 10.9. The number of nitrogens with zero attached hydrogens (tertiary/aromatic N) is 1. The highest BCUT2D eigenvalue weighted by Gasteiger charge is 2.70. The van der Waals surface area contributed by atoms with E-state index in [2.05, 4.69) is 12.3 Å². The molecule has 0 aliphatic carbocycles. The highest BCUT2D eigenvalue weighted by Crippen LogP contribution is 2.48. The van der Waals surface area contributed by atoms with E-state index in [-0.39, 0.29) is 17.6 Å². The number of sulfone groups is 1. The van der Waals surface area contributed by atoms with Gasteiger partial charge >= 0.3 is 5.97 Å². The van der Waals surface area contributed by atoms with Gasteiger partial charge in [-0.1, -0.05) is 33.4 Å². The van der Waals surface area contributed by atoms with E-state index in [1.165, 1.54) is 19.9 Å². The van der Waals surface area contributed by atoms with Crippen LogP contribution in [0.4, 0.5) is 0 Å². The number of β-lactam (4-membered cyclic amide) rings is 1. The van der Waals surface area contributed by atoms with Crippen LogP contribution in [-0.4, -0.2) is 48.0 Å². The highest BCUT2D eigenvalue weighted by atomic mass is 32.2. The molecule has 0 spiro atoms. The number of carbonyl (C=O) groups is 2. The molecule has 132 valence electrons. The molecule has 2 atom stereocenters. The van der Waals surface area contributed by atoms with Gasteiger partial charge in [0.1, 0.15) is 11.4 Å². The number of esters is 1. The Kier molecular flexibility index (Phi) is 4.32.